The van der Waals surface area contributed by atoms with Crippen LogP contribution in [0, 0.1) is 5.92 Å². The molecule has 0 bridgehead atoms. The second-order valence-electron chi connectivity index (χ2n) is 1.34. The molecule has 0 aliphatic heterocycles. The summed E-state index contributed by atoms with van der Waals surface area (Å²) in [6, 6.07) is 0. The molecule has 0 N–H and O–H groups in total. The number of hydrogen-bond donors (Lipinski definition) is 0. The molecule has 0 heterocycles. The molecule has 1 atom stereocenters. The zero-order valence-corrected chi connectivity index (χ0v) is 3.03. The highest BCUT2D eigenvalue weighted by atomic mass is 19.1. The van der Waals surface area contributed by atoms with Crippen molar-refractivity contribution in [2.24, 2.45) is 5.92 Å². The van der Waals surface area contributed by atoms with E-state index < -0.39 is 0 Å². The predicted octanol–water partition coefficient (Wildman–Crippen LogP) is 1.49. The van der Waals surface area contributed by atoms with E-state index in [-0.39, 0.29) is 11.7 Å². The zero-order valence-electron chi connectivity index (χ0n) is 3.03. The minimum Gasteiger partial charge on any atom is -0.212 e. The van der Waals surface area contributed by atoms with Gasteiger partial charge in [0.15, 0.2) is 0 Å². The van der Waals surface area contributed by atoms with Crippen LogP contribution in [-0.4, -0.2) is 0 Å². The topological polar surface area (TPSA) is 0 Å². The van der Waals surface area contributed by atoms with E-state index in [1.165, 1.54) is 0 Å². The molecule has 0 saturated heterocycles. The van der Waals surface area contributed by atoms with Crippen molar-refractivity contribution >= 4 is 0 Å². The summed E-state index contributed by atoms with van der Waals surface area (Å²) in [6.07, 6.45) is 1.58. The molecule has 0 aromatic heterocycles. The van der Waals surface area contributed by atoms with E-state index in [9.17, 15) is 4.39 Å². The minimum absolute atomic E-state index is 0.0463. The first-order chi connectivity index (χ1) is 2.30. The number of allylic oxidation sites excluding steroid dienone is 2. The van der Waals surface area contributed by atoms with E-state index in [1.807, 2.05) is 6.92 Å². The Morgan fingerprint density at radius 3 is 2.20 bits per heavy atom. The largest absolute Gasteiger partial charge is 0.212 e. The highest BCUT2D eigenvalue weighted by molar-refractivity contribution is 5.19. The smallest absolute Gasteiger partial charge is 0.103 e. The Morgan fingerprint density at radius 2 is 2.20 bits per heavy atom. The van der Waals surface area contributed by atoms with Crippen LogP contribution in [0.25, 0.3) is 0 Å². The van der Waals surface area contributed by atoms with Crippen molar-refractivity contribution < 1.29 is 4.39 Å². The second kappa shape index (κ2) is 0.588. The summed E-state index contributed by atoms with van der Waals surface area (Å²) in [4.78, 5) is 0. The van der Waals surface area contributed by atoms with Gasteiger partial charge in [-0.1, -0.05) is 6.92 Å². The molecule has 0 spiro atoms. The number of rotatable bonds is 0. The fraction of sp³-hybridized carbons (Fsp3) is 0.500. The number of hydrogen-bond acceptors (Lipinski definition) is 0. The Bertz CT molecular complexity index is 73.7. The van der Waals surface area contributed by atoms with E-state index in [2.05, 4.69) is 0 Å². The first-order valence-electron chi connectivity index (χ1n) is 1.68. The van der Waals surface area contributed by atoms with Crippen molar-refractivity contribution in [2.45, 2.75) is 6.92 Å². The van der Waals surface area contributed by atoms with Gasteiger partial charge in [0.1, 0.15) is 5.83 Å². The Hall–Kier alpha value is -0.330. The molecule has 1 aliphatic carbocycles. The standard InChI is InChI=1S/C4H5F/c1-3-2-4(3)5/h2-3H,1H3. The van der Waals surface area contributed by atoms with Gasteiger partial charge in [0.05, 0.1) is 0 Å². The molecule has 0 saturated carbocycles. The van der Waals surface area contributed by atoms with Gasteiger partial charge < -0.3 is 0 Å². The molecule has 0 amide bonds. The summed E-state index contributed by atoms with van der Waals surface area (Å²) in [5.41, 5.74) is 0. The van der Waals surface area contributed by atoms with Crippen LogP contribution < -0.4 is 0 Å². The molecule has 1 rings (SSSR count). The van der Waals surface area contributed by atoms with E-state index in [0.29, 0.717) is 0 Å². The Morgan fingerprint density at radius 1 is 2.00 bits per heavy atom. The van der Waals surface area contributed by atoms with Gasteiger partial charge in [-0.25, -0.2) is 4.39 Å². The van der Waals surface area contributed by atoms with Crippen molar-refractivity contribution in [3.05, 3.63) is 11.9 Å². The van der Waals surface area contributed by atoms with Crippen molar-refractivity contribution in [2.75, 3.05) is 0 Å². The molecule has 1 aliphatic rings. The Kier molecular flexibility index (Phi) is 0.339. The average molecular weight is 72.1 g/mol. The van der Waals surface area contributed by atoms with Gasteiger partial charge in [-0.2, -0.15) is 0 Å². The maximum atomic E-state index is 11.4. The summed E-state index contributed by atoms with van der Waals surface area (Å²) >= 11 is 0. The van der Waals surface area contributed by atoms with Crippen LogP contribution in [0.5, 0.6) is 0 Å². The maximum absolute atomic E-state index is 11.4. The van der Waals surface area contributed by atoms with Gasteiger partial charge in [-0.05, 0) is 6.08 Å². The fourth-order valence-corrected chi connectivity index (χ4v) is 0.191. The maximum Gasteiger partial charge on any atom is 0.103 e. The van der Waals surface area contributed by atoms with Crippen molar-refractivity contribution in [1.29, 1.82) is 0 Å². The molecule has 0 fully saturated rings. The minimum atomic E-state index is 0.0463. The molecule has 0 aromatic carbocycles. The summed E-state index contributed by atoms with van der Waals surface area (Å²) in [7, 11) is 0. The molecule has 0 aromatic rings. The van der Waals surface area contributed by atoms with Crippen LogP contribution in [0.2, 0.25) is 0 Å². The molecule has 0 nitrogen and oxygen atoms in total. The van der Waals surface area contributed by atoms with Gasteiger partial charge >= 0.3 is 0 Å². The Labute approximate surface area is 30.3 Å². The zero-order chi connectivity index (χ0) is 3.86. The van der Waals surface area contributed by atoms with E-state index >= 15 is 0 Å². The second-order valence-corrected chi connectivity index (χ2v) is 1.34. The van der Waals surface area contributed by atoms with Crippen molar-refractivity contribution in [3.8, 4) is 0 Å². The van der Waals surface area contributed by atoms with Gasteiger partial charge in [0, 0.05) is 5.92 Å². The molecule has 1 unspecified atom stereocenters. The third kappa shape index (κ3) is 0.318. The highest BCUT2D eigenvalue weighted by Crippen LogP contribution is 2.27. The van der Waals surface area contributed by atoms with Crippen LogP contribution in [0.3, 0.4) is 0 Å². The van der Waals surface area contributed by atoms with E-state index in [0.717, 1.165) is 0 Å². The average Bonchev–Trinajstić information content (AvgIpc) is 1.79. The predicted molar refractivity (Wildman–Crippen MR) is 18.4 cm³/mol. The van der Waals surface area contributed by atoms with E-state index in [4.69, 9.17) is 0 Å². The Balaban J connectivity index is 2.38. The van der Waals surface area contributed by atoms with Gasteiger partial charge in [-0.15, -0.1) is 0 Å². The third-order valence-corrected chi connectivity index (χ3v) is 0.735. The molecule has 0 radical (unpaired) electrons. The molecule has 5 heavy (non-hydrogen) atoms. The van der Waals surface area contributed by atoms with Crippen LogP contribution >= 0.6 is 0 Å². The van der Waals surface area contributed by atoms with Gasteiger partial charge in [0.2, 0.25) is 0 Å². The fourth-order valence-electron chi connectivity index (χ4n) is 0.191. The molecular formula is C4H5F. The highest BCUT2D eigenvalue weighted by Gasteiger charge is 2.17. The lowest BCUT2D eigenvalue weighted by Gasteiger charge is -1.64. The van der Waals surface area contributed by atoms with Gasteiger partial charge in [-0.3, -0.25) is 0 Å². The third-order valence-electron chi connectivity index (χ3n) is 0.735. The van der Waals surface area contributed by atoms with Crippen LogP contribution in [0.4, 0.5) is 4.39 Å². The number of halogens is 1. The van der Waals surface area contributed by atoms with Crippen molar-refractivity contribution in [3.63, 3.8) is 0 Å². The summed E-state index contributed by atoms with van der Waals surface area (Å²) in [5.74, 6) is 0.222. The van der Waals surface area contributed by atoms with E-state index in [1.54, 1.807) is 6.08 Å². The first-order valence-corrected chi connectivity index (χ1v) is 1.68. The lowest BCUT2D eigenvalue weighted by atomic mass is 10.5. The van der Waals surface area contributed by atoms with Crippen LogP contribution in [-0.2, 0) is 0 Å². The SMILES string of the molecule is CC1C=C1F. The van der Waals surface area contributed by atoms with Crippen LogP contribution in [0.15, 0.2) is 11.9 Å². The molecule has 28 valence electrons. The van der Waals surface area contributed by atoms with Gasteiger partial charge in [0.25, 0.3) is 0 Å². The lowest BCUT2D eigenvalue weighted by Crippen LogP contribution is -1.55. The quantitative estimate of drug-likeness (QED) is 0.406. The first kappa shape index (κ1) is 2.88. The van der Waals surface area contributed by atoms with Crippen molar-refractivity contribution in [1.82, 2.24) is 0 Å². The monoisotopic (exact) mass is 72.0 g/mol. The molecule has 1 heteroatoms. The summed E-state index contributed by atoms with van der Waals surface area (Å²) < 4.78 is 11.4. The summed E-state index contributed by atoms with van der Waals surface area (Å²) in [6.45, 7) is 1.83. The summed E-state index contributed by atoms with van der Waals surface area (Å²) in [5, 5.41) is 0. The normalized spacial score (nSPS) is 33.2. The lowest BCUT2D eigenvalue weighted by molar-refractivity contribution is 0.630. The molecular weight excluding hydrogens is 67.0 g/mol. The van der Waals surface area contributed by atoms with Crippen LogP contribution in [0.1, 0.15) is 6.92 Å².